The number of halogens is 1. The summed E-state index contributed by atoms with van der Waals surface area (Å²) in [5.74, 6) is 0. The normalized spacial score (nSPS) is 20.6. The molecule has 20 heavy (non-hydrogen) atoms. The fourth-order valence-corrected chi connectivity index (χ4v) is 4.54. The van der Waals surface area contributed by atoms with Gasteiger partial charge in [0, 0.05) is 12.6 Å². The topological polar surface area (TPSA) is 61.2 Å². The molecule has 0 spiro atoms. The Balaban J connectivity index is 2.42. The molecule has 108 valence electrons. The molecule has 1 heterocycles. The van der Waals surface area contributed by atoms with Gasteiger partial charge in [-0.2, -0.15) is 9.57 Å². The fraction of sp³-hybridized carbons (Fsp3) is 0.500. The largest absolute Gasteiger partial charge is 0.243 e. The van der Waals surface area contributed by atoms with Crippen molar-refractivity contribution in [2.24, 2.45) is 0 Å². The van der Waals surface area contributed by atoms with Gasteiger partial charge in [0.25, 0.3) is 0 Å². The van der Waals surface area contributed by atoms with Crippen LogP contribution in [-0.4, -0.2) is 25.3 Å². The van der Waals surface area contributed by atoms with Crippen LogP contribution in [0, 0.1) is 11.3 Å². The molecule has 1 aliphatic rings. The van der Waals surface area contributed by atoms with Gasteiger partial charge in [0.2, 0.25) is 10.0 Å². The van der Waals surface area contributed by atoms with Gasteiger partial charge < -0.3 is 0 Å². The number of hydrogen-bond donors (Lipinski definition) is 0. The van der Waals surface area contributed by atoms with Crippen LogP contribution in [0.25, 0.3) is 0 Å². The van der Waals surface area contributed by atoms with Gasteiger partial charge in [-0.05, 0) is 37.5 Å². The van der Waals surface area contributed by atoms with E-state index < -0.39 is 10.0 Å². The predicted octanol–water partition coefficient (Wildman–Crippen LogP) is 3.16. The lowest BCUT2D eigenvalue weighted by molar-refractivity contribution is 0.246. The third-order valence-corrected chi connectivity index (χ3v) is 5.99. The van der Waals surface area contributed by atoms with Crippen molar-refractivity contribution in [2.45, 2.75) is 43.5 Å². The summed E-state index contributed by atoms with van der Waals surface area (Å²) in [6.07, 6.45) is 3.65. The van der Waals surface area contributed by atoms with Gasteiger partial charge in [0.1, 0.15) is 6.07 Å². The molecule has 1 fully saturated rings. The molecule has 0 aliphatic carbocycles. The van der Waals surface area contributed by atoms with Crippen LogP contribution in [0.2, 0.25) is 5.02 Å². The average molecular weight is 313 g/mol. The van der Waals surface area contributed by atoms with Crippen molar-refractivity contribution in [1.82, 2.24) is 4.31 Å². The highest BCUT2D eigenvalue weighted by atomic mass is 35.5. The summed E-state index contributed by atoms with van der Waals surface area (Å²) in [6, 6.07) is 6.27. The average Bonchev–Trinajstić information content (AvgIpc) is 2.47. The molecule has 0 N–H and O–H groups in total. The standard InChI is InChI=1S/C14H17ClN2O2S/c1-2-12-5-3-4-8-17(12)20(18,19)13-6-7-14(15)11(9-13)10-16/h6-7,9,12H,2-5,8H2,1H3. The van der Waals surface area contributed by atoms with E-state index in [2.05, 4.69) is 0 Å². The Kier molecular flexibility index (Phi) is 4.69. The van der Waals surface area contributed by atoms with Crippen molar-refractivity contribution < 1.29 is 8.42 Å². The zero-order valence-electron chi connectivity index (χ0n) is 11.3. The van der Waals surface area contributed by atoms with E-state index in [9.17, 15) is 8.42 Å². The molecule has 2 rings (SSSR count). The van der Waals surface area contributed by atoms with Crippen molar-refractivity contribution in [3.63, 3.8) is 0 Å². The maximum atomic E-state index is 12.7. The molecule has 0 aromatic heterocycles. The summed E-state index contributed by atoms with van der Waals surface area (Å²) in [7, 11) is -3.55. The SMILES string of the molecule is CCC1CCCCN1S(=O)(=O)c1ccc(Cl)c(C#N)c1. The van der Waals surface area contributed by atoms with Crippen LogP contribution in [0.3, 0.4) is 0 Å². The van der Waals surface area contributed by atoms with Crippen LogP contribution >= 0.6 is 11.6 Å². The zero-order valence-corrected chi connectivity index (χ0v) is 12.9. The van der Waals surface area contributed by atoms with Gasteiger partial charge in [0.05, 0.1) is 15.5 Å². The van der Waals surface area contributed by atoms with Crippen molar-refractivity contribution >= 4 is 21.6 Å². The number of piperidine rings is 1. The molecule has 6 heteroatoms. The van der Waals surface area contributed by atoms with E-state index in [-0.39, 0.29) is 21.5 Å². The first-order chi connectivity index (χ1) is 9.50. The second-order valence-corrected chi connectivity index (χ2v) is 7.22. The Morgan fingerprint density at radius 2 is 2.20 bits per heavy atom. The Bertz CT molecular complexity index is 637. The van der Waals surface area contributed by atoms with E-state index in [0.717, 1.165) is 25.7 Å². The predicted molar refractivity (Wildman–Crippen MR) is 78.0 cm³/mol. The van der Waals surface area contributed by atoms with Crippen molar-refractivity contribution in [3.8, 4) is 6.07 Å². The molecule has 1 saturated heterocycles. The highest BCUT2D eigenvalue weighted by Gasteiger charge is 2.32. The number of rotatable bonds is 3. The first-order valence-corrected chi connectivity index (χ1v) is 8.54. The van der Waals surface area contributed by atoms with E-state index in [1.165, 1.54) is 18.2 Å². The molecular formula is C14H17ClN2O2S. The Labute approximate surface area is 125 Å². The number of sulfonamides is 1. The maximum absolute atomic E-state index is 12.7. The van der Waals surface area contributed by atoms with Gasteiger partial charge in [-0.1, -0.05) is 24.9 Å². The third kappa shape index (κ3) is 2.83. The second kappa shape index (κ2) is 6.13. The van der Waals surface area contributed by atoms with Gasteiger partial charge in [-0.25, -0.2) is 8.42 Å². The minimum atomic E-state index is -3.55. The first kappa shape index (κ1) is 15.3. The number of nitrogens with zero attached hydrogens (tertiary/aromatic N) is 2. The lowest BCUT2D eigenvalue weighted by Gasteiger charge is -2.34. The second-order valence-electron chi connectivity index (χ2n) is 4.93. The van der Waals surface area contributed by atoms with Crippen LogP contribution in [0.1, 0.15) is 38.2 Å². The molecule has 1 unspecified atom stereocenters. The molecule has 1 aromatic carbocycles. The summed E-state index contributed by atoms with van der Waals surface area (Å²) in [5.41, 5.74) is 0.192. The summed E-state index contributed by atoms with van der Waals surface area (Å²) < 4.78 is 27.0. The molecule has 1 aromatic rings. The Morgan fingerprint density at radius 1 is 1.45 bits per heavy atom. The van der Waals surface area contributed by atoms with Crippen LogP contribution in [0.15, 0.2) is 23.1 Å². The molecule has 0 radical (unpaired) electrons. The minimum absolute atomic E-state index is 0.0509. The van der Waals surface area contributed by atoms with Crippen LogP contribution in [-0.2, 0) is 10.0 Å². The van der Waals surface area contributed by atoms with Crippen molar-refractivity contribution in [1.29, 1.82) is 5.26 Å². The highest BCUT2D eigenvalue weighted by Crippen LogP contribution is 2.28. The van der Waals surface area contributed by atoms with Crippen molar-refractivity contribution in [3.05, 3.63) is 28.8 Å². The molecule has 0 saturated carbocycles. The molecule has 1 aliphatic heterocycles. The molecule has 0 bridgehead atoms. The summed E-state index contributed by atoms with van der Waals surface area (Å²) in [6.45, 7) is 2.55. The monoisotopic (exact) mass is 312 g/mol. The molecule has 4 nitrogen and oxygen atoms in total. The molecule has 0 amide bonds. The van der Waals surface area contributed by atoms with E-state index in [1.807, 2.05) is 13.0 Å². The zero-order chi connectivity index (χ0) is 14.8. The van der Waals surface area contributed by atoms with Gasteiger partial charge in [-0.15, -0.1) is 0 Å². The quantitative estimate of drug-likeness (QED) is 0.861. The van der Waals surface area contributed by atoms with Gasteiger partial charge in [0.15, 0.2) is 0 Å². The summed E-state index contributed by atoms with van der Waals surface area (Å²) >= 11 is 5.86. The van der Waals surface area contributed by atoms with E-state index >= 15 is 0 Å². The van der Waals surface area contributed by atoms with E-state index in [4.69, 9.17) is 16.9 Å². The fourth-order valence-electron chi connectivity index (χ4n) is 2.58. The first-order valence-electron chi connectivity index (χ1n) is 6.72. The number of nitriles is 1. The Hall–Kier alpha value is -1.09. The smallest absolute Gasteiger partial charge is 0.207 e. The van der Waals surface area contributed by atoms with Gasteiger partial charge in [-0.3, -0.25) is 0 Å². The maximum Gasteiger partial charge on any atom is 0.243 e. The molecular weight excluding hydrogens is 296 g/mol. The number of benzene rings is 1. The number of hydrogen-bond acceptors (Lipinski definition) is 3. The van der Waals surface area contributed by atoms with E-state index in [1.54, 1.807) is 4.31 Å². The van der Waals surface area contributed by atoms with Gasteiger partial charge >= 0.3 is 0 Å². The third-order valence-electron chi connectivity index (χ3n) is 3.71. The Morgan fingerprint density at radius 3 is 2.85 bits per heavy atom. The van der Waals surface area contributed by atoms with Crippen LogP contribution in [0.5, 0.6) is 0 Å². The van der Waals surface area contributed by atoms with Crippen LogP contribution < -0.4 is 0 Å². The summed E-state index contributed by atoms with van der Waals surface area (Å²) in [5, 5.41) is 9.25. The van der Waals surface area contributed by atoms with E-state index in [0.29, 0.717) is 6.54 Å². The van der Waals surface area contributed by atoms with Crippen molar-refractivity contribution in [2.75, 3.05) is 6.54 Å². The lowest BCUT2D eigenvalue weighted by atomic mass is 10.0. The molecule has 1 atom stereocenters. The lowest BCUT2D eigenvalue weighted by Crippen LogP contribution is -2.43. The minimum Gasteiger partial charge on any atom is -0.207 e. The highest BCUT2D eigenvalue weighted by molar-refractivity contribution is 7.89. The van der Waals surface area contributed by atoms with Crippen LogP contribution in [0.4, 0.5) is 0 Å². The summed E-state index contributed by atoms with van der Waals surface area (Å²) in [4.78, 5) is 0.152.